The summed E-state index contributed by atoms with van der Waals surface area (Å²) in [6.45, 7) is 5.76. The number of nitrogens with one attached hydrogen (secondary N) is 1. The Hall–Kier alpha value is -0.860. The van der Waals surface area contributed by atoms with Crippen molar-refractivity contribution in [3.8, 4) is 0 Å². The summed E-state index contributed by atoms with van der Waals surface area (Å²) >= 11 is 0. The van der Waals surface area contributed by atoms with Crippen molar-refractivity contribution < 1.29 is 4.74 Å². The molecule has 0 aliphatic rings. The molecule has 0 fully saturated rings. The highest BCUT2D eigenvalue weighted by molar-refractivity contribution is 5.28. The second-order valence-electron chi connectivity index (χ2n) is 3.36. The molecule has 0 bridgehead atoms. The van der Waals surface area contributed by atoms with Crippen LogP contribution >= 0.6 is 0 Å². The third-order valence-corrected chi connectivity index (χ3v) is 2.29. The monoisotopic (exact) mass is 193 g/mol. The lowest BCUT2D eigenvalue weighted by atomic mass is 10.0. The smallest absolute Gasteiger partial charge is 0.0951 e. The number of hydrogen-bond acceptors (Lipinski definition) is 2. The Labute approximate surface area is 86.3 Å². The van der Waals surface area contributed by atoms with Gasteiger partial charge in [0, 0.05) is 13.2 Å². The van der Waals surface area contributed by atoms with Crippen LogP contribution in [0.4, 0.5) is 0 Å². The van der Waals surface area contributed by atoms with Gasteiger partial charge in [-0.3, -0.25) is 0 Å². The first-order valence-electron chi connectivity index (χ1n) is 5.11. The normalized spacial score (nSPS) is 12.8. The fourth-order valence-electron chi connectivity index (χ4n) is 1.59. The summed E-state index contributed by atoms with van der Waals surface area (Å²) in [5, 5.41) is 3.15. The lowest BCUT2D eigenvalue weighted by Crippen LogP contribution is -2.20. The van der Waals surface area contributed by atoms with Crippen molar-refractivity contribution in [3.05, 3.63) is 35.4 Å². The molecule has 1 aromatic rings. The Morgan fingerprint density at radius 3 is 2.64 bits per heavy atom. The van der Waals surface area contributed by atoms with Crippen LogP contribution in [0.1, 0.15) is 24.2 Å². The molecule has 0 saturated carbocycles. The van der Waals surface area contributed by atoms with Crippen molar-refractivity contribution in [1.29, 1.82) is 0 Å². The molecule has 1 rings (SSSR count). The van der Waals surface area contributed by atoms with Crippen LogP contribution < -0.4 is 5.32 Å². The minimum absolute atomic E-state index is 0.172. The number of benzene rings is 1. The van der Waals surface area contributed by atoms with Crippen LogP contribution in [0.5, 0.6) is 0 Å². The first-order valence-corrected chi connectivity index (χ1v) is 5.11. The molecule has 1 aromatic carbocycles. The van der Waals surface area contributed by atoms with E-state index in [1.807, 2.05) is 14.0 Å². The minimum Gasteiger partial charge on any atom is -0.372 e. The molecule has 0 aromatic heterocycles. The van der Waals surface area contributed by atoms with Crippen LogP contribution in [-0.4, -0.2) is 20.2 Å². The van der Waals surface area contributed by atoms with E-state index in [4.69, 9.17) is 4.74 Å². The van der Waals surface area contributed by atoms with Crippen LogP contribution in [-0.2, 0) is 4.74 Å². The third-order valence-electron chi connectivity index (χ3n) is 2.29. The maximum atomic E-state index is 5.69. The molecule has 1 unspecified atom stereocenters. The summed E-state index contributed by atoms with van der Waals surface area (Å²) in [5.41, 5.74) is 2.57. The molecule has 78 valence electrons. The van der Waals surface area contributed by atoms with Gasteiger partial charge >= 0.3 is 0 Å². The van der Waals surface area contributed by atoms with Crippen LogP contribution in [0, 0.1) is 6.92 Å². The quantitative estimate of drug-likeness (QED) is 0.774. The standard InChI is InChI=1S/C12H19NO/c1-4-14-12(9-13-3)11-8-6-5-7-10(11)2/h5-8,12-13H,4,9H2,1-3H3. The molecule has 0 amide bonds. The van der Waals surface area contributed by atoms with Gasteiger partial charge in [0.25, 0.3) is 0 Å². The lowest BCUT2D eigenvalue weighted by Gasteiger charge is -2.18. The van der Waals surface area contributed by atoms with E-state index in [-0.39, 0.29) is 6.10 Å². The predicted octanol–water partition coefficient (Wildman–Crippen LogP) is 2.29. The van der Waals surface area contributed by atoms with Gasteiger partial charge in [0.2, 0.25) is 0 Å². The van der Waals surface area contributed by atoms with Crippen LogP contribution in [0.2, 0.25) is 0 Å². The first kappa shape index (κ1) is 11.2. The van der Waals surface area contributed by atoms with Gasteiger partial charge in [-0.1, -0.05) is 24.3 Å². The van der Waals surface area contributed by atoms with E-state index in [1.165, 1.54) is 11.1 Å². The van der Waals surface area contributed by atoms with E-state index in [2.05, 4.69) is 36.5 Å². The summed E-state index contributed by atoms with van der Waals surface area (Å²) in [4.78, 5) is 0. The van der Waals surface area contributed by atoms with Crippen molar-refractivity contribution in [3.63, 3.8) is 0 Å². The molecule has 1 N–H and O–H groups in total. The molecule has 0 heterocycles. The van der Waals surface area contributed by atoms with Gasteiger partial charge in [0.05, 0.1) is 6.10 Å². The lowest BCUT2D eigenvalue weighted by molar-refractivity contribution is 0.0634. The average molecular weight is 193 g/mol. The molecule has 14 heavy (non-hydrogen) atoms. The zero-order valence-corrected chi connectivity index (χ0v) is 9.21. The van der Waals surface area contributed by atoms with Gasteiger partial charge in [-0.15, -0.1) is 0 Å². The Bertz CT molecular complexity index is 267. The van der Waals surface area contributed by atoms with Gasteiger partial charge < -0.3 is 10.1 Å². The van der Waals surface area contributed by atoms with E-state index >= 15 is 0 Å². The Morgan fingerprint density at radius 1 is 1.36 bits per heavy atom. The molecule has 0 aliphatic heterocycles. The van der Waals surface area contributed by atoms with E-state index in [0.717, 1.165) is 13.2 Å². The van der Waals surface area contributed by atoms with Gasteiger partial charge in [0.1, 0.15) is 0 Å². The summed E-state index contributed by atoms with van der Waals surface area (Å²) in [5.74, 6) is 0. The van der Waals surface area contributed by atoms with Crippen molar-refractivity contribution in [2.45, 2.75) is 20.0 Å². The molecule has 0 spiro atoms. The number of likely N-dealkylation sites (N-methyl/N-ethyl adjacent to an activating group) is 1. The number of aryl methyl sites for hydroxylation is 1. The minimum atomic E-state index is 0.172. The third kappa shape index (κ3) is 2.82. The molecule has 2 heteroatoms. The van der Waals surface area contributed by atoms with E-state index in [1.54, 1.807) is 0 Å². The van der Waals surface area contributed by atoms with Gasteiger partial charge in [0.15, 0.2) is 0 Å². The summed E-state index contributed by atoms with van der Waals surface area (Å²) < 4.78 is 5.69. The van der Waals surface area contributed by atoms with Crippen molar-refractivity contribution in [2.24, 2.45) is 0 Å². The second-order valence-corrected chi connectivity index (χ2v) is 3.36. The van der Waals surface area contributed by atoms with Gasteiger partial charge in [-0.05, 0) is 32.0 Å². The molecule has 1 atom stereocenters. The van der Waals surface area contributed by atoms with Crippen LogP contribution in [0.25, 0.3) is 0 Å². The van der Waals surface area contributed by atoms with Crippen molar-refractivity contribution in [1.82, 2.24) is 5.32 Å². The van der Waals surface area contributed by atoms with Gasteiger partial charge in [-0.2, -0.15) is 0 Å². The number of hydrogen-bond donors (Lipinski definition) is 1. The zero-order valence-electron chi connectivity index (χ0n) is 9.21. The summed E-state index contributed by atoms with van der Waals surface area (Å²) in [6.07, 6.45) is 0.172. The average Bonchev–Trinajstić information content (AvgIpc) is 2.18. The molecule has 0 aliphatic carbocycles. The molecular weight excluding hydrogens is 174 g/mol. The van der Waals surface area contributed by atoms with Crippen LogP contribution in [0.15, 0.2) is 24.3 Å². The topological polar surface area (TPSA) is 21.3 Å². The Balaban J connectivity index is 2.81. The highest BCUT2D eigenvalue weighted by Gasteiger charge is 2.11. The first-order chi connectivity index (χ1) is 6.79. The maximum absolute atomic E-state index is 5.69. The molecule has 2 nitrogen and oxygen atoms in total. The van der Waals surface area contributed by atoms with E-state index < -0.39 is 0 Å². The highest BCUT2D eigenvalue weighted by Crippen LogP contribution is 2.19. The van der Waals surface area contributed by atoms with Gasteiger partial charge in [-0.25, -0.2) is 0 Å². The van der Waals surface area contributed by atoms with Crippen LogP contribution in [0.3, 0.4) is 0 Å². The Kier molecular flexibility index (Phi) is 4.63. The molecular formula is C12H19NO. The predicted molar refractivity (Wildman–Crippen MR) is 59.5 cm³/mol. The number of ether oxygens (including phenoxy) is 1. The molecule has 0 saturated heterocycles. The molecule has 0 radical (unpaired) electrons. The SMILES string of the molecule is CCOC(CNC)c1ccccc1C. The van der Waals surface area contributed by atoms with E-state index in [0.29, 0.717) is 0 Å². The largest absolute Gasteiger partial charge is 0.372 e. The highest BCUT2D eigenvalue weighted by atomic mass is 16.5. The fraction of sp³-hybridized carbons (Fsp3) is 0.500. The number of rotatable bonds is 5. The fourth-order valence-corrected chi connectivity index (χ4v) is 1.59. The second kappa shape index (κ2) is 5.78. The maximum Gasteiger partial charge on any atom is 0.0951 e. The van der Waals surface area contributed by atoms with Crippen molar-refractivity contribution >= 4 is 0 Å². The van der Waals surface area contributed by atoms with E-state index in [9.17, 15) is 0 Å². The van der Waals surface area contributed by atoms with Crippen molar-refractivity contribution in [2.75, 3.05) is 20.2 Å². The Morgan fingerprint density at radius 2 is 2.07 bits per heavy atom. The summed E-state index contributed by atoms with van der Waals surface area (Å²) in [7, 11) is 1.95. The summed E-state index contributed by atoms with van der Waals surface area (Å²) in [6, 6.07) is 8.37. The zero-order chi connectivity index (χ0) is 10.4.